The lowest BCUT2D eigenvalue weighted by Crippen LogP contribution is -2.49. The van der Waals surface area contributed by atoms with Crippen molar-refractivity contribution in [3.8, 4) is 0 Å². The monoisotopic (exact) mass is 429 g/mol. The van der Waals surface area contributed by atoms with Gasteiger partial charge in [-0.15, -0.1) is 10.2 Å². The molecule has 0 aromatic carbocycles. The van der Waals surface area contributed by atoms with E-state index in [9.17, 15) is 0 Å². The van der Waals surface area contributed by atoms with Crippen LogP contribution >= 0.6 is 0 Å². The molecule has 4 rings (SSSR count). The second-order valence-electron chi connectivity index (χ2n) is 9.82. The maximum atomic E-state index is 4.46. The first-order valence-corrected chi connectivity index (χ1v) is 12.9. The van der Waals surface area contributed by atoms with E-state index in [1.165, 1.54) is 89.7 Å². The number of aryl methyl sites for hydroxylation is 2. The van der Waals surface area contributed by atoms with Gasteiger partial charge in [0.1, 0.15) is 11.6 Å². The van der Waals surface area contributed by atoms with Crippen LogP contribution in [0.5, 0.6) is 0 Å². The molecule has 0 radical (unpaired) electrons. The summed E-state index contributed by atoms with van der Waals surface area (Å²) < 4.78 is 2.36. The van der Waals surface area contributed by atoms with Gasteiger partial charge < -0.3 is 20.1 Å². The van der Waals surface area contributed by atoms with Crippen LogP contribution in [0.3, 0.4) is 0 Å². The molecule has 1 saturated carbocycles. The summed E-state index contributed by atoms with van der Waals surface area (Å²) in [6.45, 7) is 5.79. The van der Waals surface area contributed by atoms with Crippen molar-refractivity contribution in [2.24, 2.45) is 10.9 Å². The first-order valence-electron chi connectivity index (χ1n) is 12.9. The van der Waals surface area contributed by atoms with Crippen molar-refractivity contribution >= 4 is 5.96 Å². The number of guanidine groups is 1. The van der Waals surface area contributed by atoms with Crippen molar-refractivity contribution in [1.29, 1.82) is 0 Å². The van der Waals surface area contributed by atoms with Crippen LogP contribution < -0.4 is 10.6 Å². The number of nitrogens with one attached hydrogen (secondary N) is 2. The van der Waals surface area contributed by atoms with Crippen molar-refractivity contribution in [3.05, 3.63) is 11.6 Å². The van der Waals surface area contributed by atoms with E-state index in [0.717, 1.165) is 50.1 Å². The quantitative estimate of drug-likeness (QED) is 0.396. The molecule has 0 unspecified atom stereocenters. The Labute approximate surface area is 188 Å². The lowest BCUT2D eigenvalue weighted by molar-refractivity contribution is 0.160. The van der Waals surface area contributed by atoms with E-state index >= 15 is 0 Å². The summed E-state index contributed by atoms with van der Waals surface area (Å²) >= 11 is 0. The Kier molecular flexibility index (Phi) is 8.62. The molecule has 1 saturated heterocycles. The van der Waals surface area contributed by atoms with Crippen LogP contribution in [0, 0.1) is 5.92 Å². The molecular weight excluding hydrogens is 386 g/mol. The van der Waals surface area contributed by atoms with Gasteiger partial charge in [-0.25, -0.2) is 0 Å². The summed E-state index contributed by atoms with van der Waals surface area (Å²) in [6, 6.07) is 0.543. The molecular formula is C24H43N7. The zero-order valence-corrected chi connectivity index (χ0v) is 19.6. The van der Waals surface area contributed by atoms with Gasteiger partial charge in [0.15, 0.2) is 5.96 Å². The lowest BCUT2D eigenvalue weighted by atomic mass is 9.88. The van der Waals surface area contributed by atoms with Gasteiger partial charge in [0.25, 0.3) is 0 Å². The fourth-order valence-electron chi connectivity index (χ4n) is 5.57. The van der Waals surface area contributed by atoms with Crippen LogP contribution in [0.1, 0.15) is 82.3 Å². The number of nitrogens with zero attached hydrogens (tertiary/aromatic N) is 5. The SMILES string of the molecule is CN=C(NCCCc1nnc2n1CCCCC2)NC1CCN(CC2CCCCC2)CC1. The Balaban J connectivity index is 1.13. The zero-order valence-electron chi connectivity index (χ0n) is 19.6. The molecule has 2 aliphatic heterocycles. The van der Waals surface area contributed by atoms with E-state index in [1.807, 2.05) is 7.05 Å². The maximum absolute atomic E-state index is 4.46. The van der Waals surface area contributed by atoms with Crippen LogP contribution in [0.15, 0.2) is 4.99 Å². The fourth-order valence-corrected chi connectivity index (χ4v) is 5.57. The Bertz CT molecular complexity index is 684. The normalized spacial score (nSPS) is 22.2. The van der Waals surface area contributed by atoms with Crippen molar-refractivity contribution in [3.63, 3.8) is 0 Å². The predicted octanol–water partition coefficient (Wildman–Crippen LogP) is 3.15. The summed E-state index contributed by atoms with van der Waals surface area (Å²) in [4.78, 5) is 7.16. The Morgan fingerprint density at radius 3 is 2.58 bits per heavy atom. The number of aromatic nitrogens is 3. The van der Waals surface area contributed by atoms with Gasteiger partial charge >= 0.3 is 0 Å². The number of piperidine rings is 1. The van der Waals surface area contributed by atoms with E-state index in [0.29, 0.717) is 6.04 Å². The number of likely N-dealkylation sites (tertiary alicyclic amines) is 1. The van der Waals surface area contributed by atoms with Crippen LogP contribution in [0.25, 0.3) is 0 Å². The molecule has 2 fully saturated rings. The summed E-state index contributed by atoms with van der Waals surface area (Å²) in [7, 11) is 1.88. The topological polar surface area (TPSA) is 70.4 Å². The van der Waals surface area contributed by atoms with Gasteiger partial charge in [-0.2, -0.15) is 0 Å². The molecule has 3 aliphatic rings. The highest BCUT2D eigenvalue weighted by Crippen LogP contribution is 2.25. The van der Waals surface area contributed by atoms with Crippen LogP contribution in [-0.4, -0.2) is 64.9 Å². The first-order chi connectivity index (χ1) is 15.3. The molecule has 1 aromatic rings. The van der Waals surface area contributed by atoms with E-state index < -0.39 is 0 Å². The second-order valence-corrected chi connectivity index (χ2v) is 9.82. The molecule has 0 spiro atoms. The van der Waals surface area contributed by atoms with E-state index in [2.05, 4.69) is 35.3 Å². The third-order valence-electron chi connectivity index (χ3n) is 7.45. The Morgan fingerprint density at radius 2 is 1.77 bits per heavy atom. The average Bonchev–Trinajstić information content (AvgIpc) is 3.03. The van der Waals surface area contributed by atoms with Crippen LogP contribution in [-0.2, 0) is 19.4 Å². The summed E-state index contributed by atoms with van der Waals surface area (Å²) in [5, 5.41) is 16.0. The molecule has 3 heterocycles. The molecule has 0 bridgehead atoms. The largest absolute Gasteiger partial charge is 0.356 e. The van der Waals surface area contributed by atoms with Crippen molar-refractivity contribution in [1.82, 2.24) is 30.3 Å². The highest BCUT2D eigenvalue weighted by atomic mass is 15.3. The van der Waals surface area contributed by atoms with Crippen molar-refractivity contribution < 1.29 is 0 Å². The van der Waals surface area contributed by atoms with Gasteiger partial charge in [0, 0.05) is 58.7 Å². The maximum Gasteiger partial charge on any atom is 0.191 e. The second kappa shape index (κ2) is 11.8. The highest BCUT2D eigenvalue weighted by Gasteiger charge is 2.23. The number of rotatable bonds is 7. The van der Waals surface area contributed by atoms with Crippen molar-refractivity contribution in [2.75, 3.05) is 33.2 Å². The van der Waals surface area contributed by atoms with Crippen LogP contribution in [0.4, 0.5) is 0 Å². The van der Waals surface area contributed by atoms with E-state index in [4.69, 9.17) is 0 Å². The molecule has 174 valence electrons. The first kappa shape index (κ1) is 22.6. The summed E-state index contributed by atoms with van der Waals surface area (Å²) in [6.07, 6.45) is 16.6. The summed E-state index contributed by atoms with van der Waals surface area (Å²) in [5.74, 6) is 4.25. The molecule has 2 N–H and O–H groups in total. The number of aliphatic imine (C=N–C) groups is 1. The van der Waals surface area contributed by atoms with Gasteiger partial charge in [-0.1, -0.05) is 25.7 Å². The molecule has 1 aliphatic carbocycles. The van der Waals surface area contributed by atoms with E-state index in [-0.39, 0.29) is 0 Å². The standard InChI is InChI=1S/C24H43N7/c1-25-24(26-15-8-12-23-29-28-22-11-6-3-7-16-31(22)23)27-21-13-17-30(18-14-21)19-20-9-4-2-5-10-20/h20-21H,2-19H2,1H3,(H2,25,26,27). The minimum Gasteiger partial charge on any atom is -0.356 e. The smallest absolute Gasteiger partial charge is 0.191 e. The molecule has 7 heteroatoms. The predicted molar refractivity (Wildman–Crippen MR) is 126 cm³/mol. The van der Waals surface area contributed by atoms with Gasteiger partial charge in [-0.3, -0.25) is 4.99 Å². The number of fused-ring (bicyclic) bond motifs is 1. The molecule has 0 amide bonds. The molecule has 1 aromatic heterocycles. The van der Waals surface area contributed by atoms with Crippen molar-refractivity contribution in [2.45, 2.75) is 96.1 Å². The minimum atomic E-state index is 0.543. The van der Waals surface area contributed by atoms with Gasteiger partial charge in [-0.05, 0) is 50.9 Å². The number of hydrogen-bond acceptors (Lipinski definition) is 4. The molecule has 0 atom stereocenters. The minimum absolute atomic E-state index is 0.543. The van der Waals surface area contributed by atoms with E-state index in [1.54, 1.807) is 0 Å². The fraction of sp³-hybridized carbons (Fsp3) is 0.875. The zero-order chi connectivity index (χ0) is 21.3. The molecule has 7 nitrogen and oxygen atoms in total. The molecule has 31 heavy (non-hydrogen) atoms. The number of hydrogen-bond donors (Lipinski definition) is 2. The third kappa shape index (κ3) is 6.67. The Hall–Kier alpha value is -1.63. The lowest BCUT2D eigenvalue weighted by Gasteiger charge is -2.36. The highest BCUT2D eigenvalue weighted by molar-refractivity contribution is 5.79. The average molecular weight is 430 g/mol. The Morgan fingerprint density at radius 1 is 0.968 bits per heavy atom. The van der Waals surface area contributed by atoms with Gasteiger partial charge in [0.05, 0.1) is 0 Å². The van der Waals surface area contributed by atoms with Gasteiger partial charge in [0.2, 0.25) is 0 Å². The third-order valence-corrected chi connectivity index (χ3v) is 7.45. The summed E-state index contributed by atoms with van der Waals surface area (Å²) in [5.41, 5.74) is 0. The van der Waals surface area contributed by atoms with Crippen LogP contribution in [0.2, 0.25) is 0 Å².